The molecular formula is C15H14F3N3OS. The van der Waals surface area contributed by atoms with Crippen LogP contribution in [0.3, 0.4) is 0 Å². The van der Waals surface area contributed by atoms with Crippen molar-refractivity contribution in [3.63, 3.8) is 0 Å². The van der Waals surface area contributed by atoms with E-state index in [-0.39, 0.29) is 17.1 Å². The van der Waals surface area contributed by atoms with E-state index < -0.39 is 17.6 Å². The number of carbonyl (C=O) groups is 1. The van der Waals surface area contributed by atoms with Crippen molar-refractivity contribution in [1.29, 1.82) is 0 Å². The first-order valence-electron chi connectivity index (χ1n) is 7.39. The highest BCUT2D eigenvalue weighted by Crippen LogP contribution is 2.38. The van der Waals surface area contributed by atoms with Crippen molar-refractivity contribution in [2.75, 3.05) is 19.6 Å². The topological polar surface area (TPSA) is 45.2 Å². The van der Waals surface area contributed by atoms with Gasteiger partial charge in [0.05, 0.1) is 10.3 Å². The van der Waals surface area contributed by atoms with Gasteiger partial charge < -0.3 is 10.2 Å². The number of aromatic nitrogens is 1. The van der Waals surface area contributed by atoms with Gasteiger partial charge in [-0.3, -0.25) is 4.79 Å². The molecule has 0 saturated carbocycles. The van der Waals surface area contributed by atoms with Crippen molar-refractivity contribution in [2.24, 2.45) is 5.92 Å². The highest BCUT2D eigenvalue weighted by atomic mass is 32.1. The Bertz CT molecular complexity index is 773. The summed E-state index contributed by atoms with van der Waals surface area (Å²) in [7, 11) is 0. The molecule has 0 aromatic carbocycles. The second-order valence-electron chi connectivity index (χ2n) is 6.10. The molecule has 2 aromatic heterocycles. The highest BCUT2D eigenvalue weighted by Gasteiger charge is 2.39. The Kier molecular flexibility index (Phi) is 3.35. The summed E-state index contributed by atoms with van der Waals surface area (Å²) in [6, 6.07) is 1.32. The number of hydrogen-bond acceptors (Lipinski definition) is 4. The van der Waals surface area contributed by atoms with Crippen LogP contribution in [-0.4, -0.2) is 41.5 Å². The maximum Gasteiger partial charge on any atom is 0.417 e. The number of hydrogen-bond donors (Lipinski definition) is 1. The molecule has 2 bridgehead atoms. The second-order valence-corrected chi connectivity index (χ2v) is 7.01. The number of rotatable bonds is 2. The molecule has 2 aliphatic rings. The van der Waals surface area contributed by atoms with Crippen molar-refractivity contribution in [1.82, 2.24) is 15.2 Å². The van der Waals surface area contributed by atoms with Crippen LogP contribution in [0.1, 0.15) is 22.5 Å². The van der Waals surface area contributed by atoms with Gasteiger partial charge in [-0.15, -0.1) is 11.3 Å². The molecule has 0 radical (unpaired) electrons. The summed E-state index contributed by atoms with van der Waals surface area (Å²) < 4.78 is 39.4. The third kappa shape index (κ3) is 2.59. The minimum Gasteiger partial charge on any atom is -0.346 e. The molecule has 0 aliphatic carbocycles. The molecule has 3 atom stereocenters. The normalized spacial score (nSPS) is 26.8. The summed E-state index contributed by atoms with van der Waals surface area (Å²) in [4.78, 5) is 18.6. The van der Waals surface area contributed by atoms with E-state index in [0.717, 1.165) is 42.8 Å². The molecule has 2 saturated heterocycles. The third-order valence-electron chi connectivity index (χ3n) is 4.65. The maximum atomic E-state index is 13.0. The van der Waals surface area contributed by atoms with E-state index >= 15 is 0 Å². The number of amides is 1. The number of thiophene rings is 1. The molecule has 2 aromatic rings. The average molecular weight is 341 g/mol. The Morgan fingerprint density at radius 1 is 1.39 bits per heavy atom. The molecule has 0 spiro atoms. The summed E-state index contributed by atoms with van der Waals surface area (Å²) in [6.45, 7) is 2.86. The van der Waals surface area contributed by atoms with Crippen molar-refractivity contribution >= 4 is 27.3 Å². The number of nitrogens with one attached hydrogen (secondary N) is 1. The van der Waals surface area contributed by atoms with E-state index in [1.807, 2.05) is 0 Å². The quantitative estimate of drug-likeness (QED) is 0.914. The summed E-state index contributed by atoms with van der Waals surface area (Å²) in [6.07, 6.45) is -2.03. The van der Waals surface area contributed by atoms with E-state index in [2.05, 4.69) is 15.2 Å². The average Bonchev–Trinajstić information content (AvgIpc) is 3.20. The summed E-state index contributed by atoms with van der Waals surface area (Å²) in [5.41, 5.74) is -0.667. The molecule has 4 heterocycles. The monoisotopic (exact) mass is 341 g/mol. The van der Waals surface area contributed by atoms with Crippen molar-refractivity contribution < 1.29 is 18.0 Å². The van der Waals surface area contributed by atoms with Crippen LogP contribution in [-0.2, 0) is 6.18 Å². The lowest BCUT2D eigenvalue weighted by atomic mass is 10.00. The van der Waals surface area contributed by atoms with Gasteiger partial charge in [0.15, 0.2) is 0 Å². The minimum atomic E-state index is -4.43. The van der Waals surface area contributed by atoms with Gasteiger partial charge in [-0.25, -0.2) is 4.98 Å². The van der Waals surface area contributed by atoms with Crippen molar-refractivity contribution in [3.8, 4) is 0 Å². The van der Waals surface area contributed by atoms with Gasteiger partial charge in [0, 0.05) is 36.1 Å². The first-order valence-corrected chi connectivity index (χ1v) is 8.27. The smallest absolute Gasteiger partial charge is 0.346 e. The van der Waals surface area contributed by atoms with E-state index in [1.165, 1.54) is 12.3 Å². The van der Waals surface area contributed by atoms with Crippen molar-refractivity contribution in [3.05, 3.63) is 28.9 Å². The molecule has 1 N–H and O–H groups in total. The van der Waals surface area contributed by atoms with Crippen LogP contribution in [0.4, 0.5) is 13.2 Å². The Labute approximate surface area is 134 Å². The van der Waals surface area contributed by atoms with Crippen LogP contribution in [0.2, 0.25) is 0 Å². The van der Waals surface area contributed by atoms with Crippen LogP contribution in [0.5, 0.6) is 0 Å². The standard InChI is InChI=1S/C15H14F3N3OS/c16-15(17,18)10-7-23-13-4-19-11(3-9(10)13)14(22)20-12-6-21-2-1-8(12)5-21/h3-4,7-8,12H,1-2,5-6H2,(H,20,22). The van der Waals surface area contributed by atoms with Gasteiger partial charge in [-0.2, -0.15) is 13.2 Å². The van der Waals surface area contributed by atoms with E-state index in [0.29, 0.717) is 10.6 Å². The predicted molar refractivity (Wildman–Crippen MR) is 80.4 cm³/mol. The van der Waals surface area contributed by atoms with Gasteiger partial charge in [-0.1, -0.05) is 0 Å². The van der Waals surface area contributed by atoms with E-state index in [9.17, 15) is 18.0 Å². The first-order chi connectivity index (χ1) is 10.9. The zero-order valence-corrected chi connectivity index (χ0v) is 12.9. The van der Waals surface area contributed by atoms with Gasteiger partial charge in [0.25, 0.3) is 5.91 Å². The molecule has 122 valence electrons. The number of carbonyl (C=O) groups excluding carboxylic acids is 1. The van der Waals surface area contributed by atoms with E-state index in [4.69, 9.17) is 0 Å². The Balaban J connectivity index is 1.60. The molecule has 2 fully saturated rings. The maximum absolute atomic E-state index is 13.0. The van der Waals surface area contributed by atoms with Gasteiger partial charge in [0.2, 0.25) is 0 Å². The Hall–Kier alpha value is -1.67. The summed E-state index contributed by atoms with van der Waals surface area (Å²) in [5.74, 6) is 0.0412. The molecule has 8 heteroatoms. The molecule has 3 unspecified atom stereocenters. The van der Waals surface area contributed by atoms with Gasteiger partial charge in [0.1, 0.15) is 5.69 Å². The van der Waals surface area contributed by atoms with E-state index in [1.54, 1.807) is 0 Å². The Morgan fingerprint density at radius 2 is 2.22 bits per heavy atom. The Morgan fingerprint density at radius 3 is 2.87 bits per heavy atom. The predicted octanol–water partition coefficient (Wildman–Crippen LogP) is 2.75. The van der Waals surface area contributed by atoms with Crippen LogP contribution in [0.25, 0.3) is 10.1 Å². The van der Waals surface area contributed by atoms with Gasteiger partial charge in [-0.05, 0) is 24.9 Å². The molecule has 1 amide bonds. The highest BCUT2D eigenvalue weighted by molar-refractivity contribution is 7.17. The summed E-state index contributed by atoms with van der Waals surface area (Å²) >= 11 is 0.983. The molecule has 4 rings (SSSR count). The molecular weight excluding hydrogens is 327 g/mol. The number of fused-ring (bicyclic) bond motifs is 3. The van der Waals surface area contributed by atoms with Crippen LogP contribution >= 0.6 is 11.3 Å². The zero-order valence-electron chi connectivity index (χ0n) is 12.1. The number of halogens is 3. The lowest BCUT2D eigenvalue weighted by Crippen LogP contribution is -2.43. The number of alkyl halides is 3. The molecule has 23 heavy (non-hydrogen) atoms. The third-order valence-corrected chi connectivity index (χ3v) is 5.58. The minimum absolute atomic E-state index is 0.0409. The largest absolute Gasteiger partial charge is 0.417 e. The zero-order chi connectivity index (χ0) is 16.2. The molecule has 2 aliphatic heterocycles. The SMILES string of the molecule is O=C(NC1CN2CCC1C2)c1cc2c(C(F)(F)F)csc2cn1. The van der Waals surface area contributed by atoms with Crippen LogP contribution in [0, 0.1) is 5.92 Å². The van der Waals surface area contributed by atoms with Crippen molar-refractivity contribution in [2.45, 2.75) is 18.6 Å². The van der Waals surface area contributed by atoms with Gasteiger partial charge >= 0.3 is 6.18 Å². The fraction of sp³-hybridized carbons (Fsp3) is 0.467. The second kappa shape index (κ2) is 5.17. The van der Waals surface area contributed by atoms with Crippen LogP contribution < -0.4 is 5.32 Å². The van der Waals surface area contributed by atoms with Crippen LogP contribution in [0.15, 0.2) is 17.6 Å². The number of pyridine rings is 1. The fourth-order valence-corrected chi connectivity index (χ4v) is 4.38. The number of piperidine rings is 1. The first kappa shape index (κ1) is 14.9. The number of nitrogens with zero attached hydrogens (tertiary/aromatic N) is 2. The lowest BCUT2D eigenvalue weighted by molar-refractivity contribution is -0.136. The fourth-order valence-electron chi connectivity index (χ4n) is 3.47. The lowest BCUT2D eigenvalue weighted by Gasteiger charge is -2.22. The molecule has 4 nitrogen and oxygen atoms in total. The summed E-state index contributed by atoms with van der Waals surface area (Å²) in [5, 5.41) is 4.03.